The van der Waals surface area contributed by atoms with E-state index >= 15 is 0 Å². The zero-order valence-corrected chi connectivity index (χ0v) is 23.0. The molecule has 0 radical (unpaired) electrons. The van der Waals surface area contributed by atoms with Crippen LogP contribution in [-0.4, -0.2) is 0 Å². The fourth-order valence-corrected chi connectivity index (χ4v) is 8.27. The summed E-state index contributed by atoms with van der Waals surface area (Å²) in [4.78, 5) is 0. The second-order valence-electron chi connectivity index (χ2n) is 10.0. The van der Waals surface area contributed by atoms with Crippen LogP contribution in [0.4, 0.5) is 0 Å². The van der Waals surface area contributed by atoms with E-state index in [1.165, 1.54) is 62.6 Å². The smallest absolute Gasteiger partial charge is 0.0991 e. The molecule has 0 atom stereocenters. The number of benzene rings is 6. The predicted octanol–water partition coefficient (Wildman–Crippen LogP) is 11.3. The van der Waals surface area contributed by atoms with Gasteiger partial charge in [0.15, 0.2) is 0 Å². The minimum Gasteiger partial charge on any atom is -0.192 e. The molecule has 0 aliphatic rings. The van der Waals surface area contributed by atoms with E-state index in [2.05, 4.69) is 121 Å². The van der Waals surface area contributed by atoms with Gasteiger partial charge in [0.1, 0.15) is 0 Å². The normalized spacial score (nSPS) is 11.5. The Morgan fingerprint density at radius 2 is 0.900 bits per heavy atom. The maximum atomic E-state index is 9.36. The molecule has 0 amide bonds. The third kappa shape index (κ3) is 3.66. The fraction of sp³-hybridized carbons (Fsp3) is 0. The summed E-state index contributed by atoms with van der Waals surface area (Å²) in [5, 5.41) is 14.6. The van der Waals surface area contributed by atoms with E-state index < -0.39 is 0 Å². The van der Waals surface area contributed by atoms with Crippen molar-refractivity contribution in [2.45, 2.75) is 0 Å². The highest BCUT2D eigenvalue weighted by atomic mass is 32.1. The van der Waals surface area contributed by atoms with E-state index in [1.807, 2.05) is 34.8 Å². The Labute approximate surface area is 239 Å². The number of fused-ring (bicyclic) bond motifs is 6. The molecule has 0 aliphatic heterocycles. The molecule has 0 unspecified atom stereocenters. The topological polar surface area (TPSA) is 23.8 Å². The molecule has 1 nitrogen and oxygen atoms in total. The van der Waals surface area contributed by atoms with Crippen LogP contribution >= 0.6 is 22.7 Å². The molecule has 0 saturated carbocycles. The lowest BCUT2D eigenvalue weighted by molar-refractivity contribution is 1.48. The lowest BCUT2D eigenvalue weighted by atomic mass is 9.92. The molecule has 0 bridgehead atoms. The maximum absolute atomic E-state index is 9.36. The molecule has 0 N–H and O–H groups in total. The number of hydrogen-bond acceptors (Lipinski definition) is 3. The average Bonchev–Trinajstić information content (AvgIpc) is 3.59. The molecule has 0 aliphatic carbocycles. The molecular weight excluding hydrogens is 523 g/mol. The molecule has 6 aromatic carbocycles. The van der Waals surface area contributed by atoms with Crippen molar-refractivity contribution in [2.24, 2.45) is 0 Å². The summed E-state index contributed by atoms with van der Waals surface area (Å²) in [7, 11) is 0. The number of nitriles is 1. The van der Waals surface area contributed by atoms with E-state index in [0.717, 1.165) is 11.1 Å². The van der Waals surface area contributed by atoms with Crippen LogP contribution in [0, 0.1) is 11.3 Å². The molecule has 0 fully saturated rings. The summed E-state index contributed by atoms with van der Waals surface area (Å²) in [5.74, 6) is 0. The Balaban J connectivity index is 1.42. The molecule has 3 heteroatoms. The van der Waals surface area contributed by atoms with Crippen LogP contribution in [-0.2, 0) is 0 Å². The SMILES string of the molecule is N#Cc1ccc(-c2cc(-c3cccc4c3sc3ccccc34)cc(-c3cccc4c3sc3ccccc34)c2)cc1. The fourth-order valence-electron chi connectivity index (χ4n) is 5.79. The van der Waals surface area contributed by atoms with Gasteiger partial charge in [0.2, 0.25) is 0 Å². The Morgan fingerprint density at radius 3 is 1.43 bits per heavy atom. The summed E-state index contributed by atoms with van der Waals surface area (Å²) in [6, 6.07) is 47.8. The number of thiophene rings is 2. The largest absolute Gasteiger partial charge is 0.192 e. The zero-order valence-electron chi connectivity index (χ0n) is 21.4. The number of rotatable bonds is 3. The summed E-state index contributed by atoms with van der Waals surface area (Å²) >= 11 is 3.73. The van der Waals surface area contributed by atoms with E-state index in [1.54, 1.807) is 0 Å². The van der Waals surface area contributed by atoms with Crippen molar-refractivity contribution >= 4 is 63.0 Å². The van der Waals surface area contributed by atoms with Crippen molar-refractivity contribution in [1.29, 1.82) is 5.26 Å². The van der Waals surface area contributed by atoms with E-state index in [9.17, 15) is 5.26 Å². The van der Waals surface area contributed by atoms with Crippen LogP contribution in [0.15, 0.2) is 127 Å². The first kappa shape index (κ1) is 23.2. The Morgan fingerprint density at radius 1 is 0.425 bits per heavy atom. The highest BCUT2D eigenvalue weighted by Gasteiger charge is 2.15. The van der Waals surface area contributed by atoms with Gasteiger partial charge in [-0.15, -0.1) is 22.7 Å². The van der Waals surface area contributed by atoms with Crippen molar-refractivity contribution in [3.8, 4) is 39.4 Å². The van der Waals surface area contributed by atoms with Gasteiger partial charge in [0, 0.05) is 40.3 Å². The van der Waals surface area contributed by atoms with Crippen molar-refractivity contribution < 1.29 is 0 Å². The quantitative estimate of drug-likeness (QED) is 0.217. The molecular formula is C37H21NS2. The van der Waals surface area contributed by atoms with Crippen molar-refractivity contribution in [3.05, 3.63) is 133 Å². The molecule has 186 valence electrons. The number of hydrogen-bond donors (Lipinski definition) is 0. The van der Waals surface area contributed by atoms with Gasteiger partial charge in [0.25, 0.3) is 0 Å². The van der Waals surface area contributed by atoms with Gasteiger partial charge in [-0.1, -0.05) is 84.9 Å². The molecule has 8 aromatic rings. The van der Waals surface area contributed by atoms with E-state index in [4.69, 9.17) is 0 Å². The standard InChI is InChI=1S/C37H21NS2/c38-22-23-15-17-24(18-16-23)25-19-26(28-9-5-11-32-30-7-1-3-13-34(30)39-36(28)32)21-27(20-25)29-10-6-12-33-31-8-2-4-14-35(31)40-37(29)33/h1-21H. The van der Waals surface area contributed by atoms with Gasteiger partial charge in [-0.05, 0) is 75.8 Å². The van der Waals surface area contributed by atoms with Crippen molar-refractivity contribution in [2.75, 3.05) is 0 Å². The summed E-state index contributed by atoms with van der Waals surface area (Å²) in [6.07, 6.45) is 0. The molecule has 8 rings (SSSR count). The van der Waals surface area contributed by atoms with Gasteiger partial charge in [-0.3, -0.25) is 0 Å². The van der Waals surface area contributed by atoms with Gasteiger partial charge >= 0.3 is 0 Å². The van der Waals surface area contributed by atoms with Crippen molar-refractivity contribution in [1.82, 2.24) is 0 Å². The number of nitrogens with zero attached hydrogens (tertiary/aromatic N) is 1. The van der Waals surface area contributed by atoms with Crippen LogP contribution in [0.3, 0.4) is 0 Å². The zero-order chi connectivity index (χ0) is 26.6. The third-order valence-electron chi connectivity index (χ3n) is 7.71. The first-order valence-corrected chi connectivity index (χ1v) is 14.9. The lowest BCUT2D eigenvalue weighted by Crippen LogP contribution is -1.87. The van der Waals surface area contributed by atoms with Crippen LogP contribution in [0.5, 0.6) is 0 Å². The molecule has 0 saturated heterocycles. The monoisotopic (exact) mass is 543 g/mol. The van der Waals surface area contributed by atoms with E-state index in [-0.39, 0.29) is 0 Å². The Hall–Kier alpha value is -4.75. The highest BCUT2D eigenvalue weighted by Crippen LogP contribution is 2.44. The van der Waals surface area contributed by atoms with Gasteiger partial charge in [0.05, 0.1) is 11.6 Å². The third-order valence-corrected chi connectivity index (χ3v) is 10.2. The van der Waals surface area contributed by atoms with Crippen LogP contribution in [0.2, 0.25) is 0 Å². The summed E-state index contributed by atoms with van der Waals surface area (Å²) in [5.41, 5.74) is 7.82. The molecule has 40 heavy (non-hydrogen) atoms. The first-order valence-electron chi connectivity index (χ1n) is 13.2. The Bertz CT molecular complexity index is 2140. The molecule has 0 spiro atoms. The highest BCUT2D eigenvalue weighted by molar-refractivity contribution is 7.26. The van der Waals surface area contributed by atoms with Crippen molar-refractivity contribution in [3.63, 3.8) is 0 Å². The predicted molar refractivity (Wildman–Crippen MR) is 173 cm³/mol. The Kier molecular flexibility index (Phi) is 5.31. The average molecular weight is 544 g/mol. The lowest BCUT2D eigenvalue weighted by Gasteiger charge is -2.13. The van der Waals surface area contributed by atoms with Gasteiger partial charge in [-0.25, -0.2) is 0 Å². The molecule has 2 heterocycles. The van der Waals surface area contributed by atoms with Gasteiger partial charge < -0.3 is 0 Å². The second kappa shape index (κ2) is 9.17. The molecule has 2 aromatic heterocycles. The summed E-state index contributed by atoms with van der Waals surface area (Å²) < 4.78 is 5.24. The van der Waals surface area contributed by atoms with Crippen LogP contribution in [0.1, 0.15) is 5.56 Å². The second-order valence-corrected chi connectivity index (χ2v) is 12.2. The minimum atomic E-state index is 0.671. The van der Waals surface area contributed by atoms with Gasteiger partial charge in [-0.2, -0.15) is 5.26 Å². The van der Waals surface area contributed by atoms with E-state index in [0.29, 0.717) is 5.56 Å². The minimum absolute atomic E-state index is 0.671. The maximum Gasteiger partial charge on any atom is 0.0991 e. The summed E-state index contributed by atoms with van der Waals surface area (Å²) in [6.45, 7) is 0. The van der Waals surface area contributed by atoms with Crippen LogP contribution < -0.4 is 0 Å². The first-order chi connectivity index (χ1) is 19.8. The van der Waals surface area contributed by atoms with Crippen LogP contribution in [0.25, 0.3) is 73.7 Å².